The zero-order valence-electron chi connectivity index (χ0n) is 17.7. The SMILES string of the molecule is O=NC(=O)c1ccc2c(C3CCCCC3)c(-c3ccccc3)n(Sc3ccccc3)c2c1. The third-order valence-corrected chi connectivity index (χ3v) is 7.34. The van der Waals surface area contributed by atoms with Crippen LogP contribution in [0.2, 0.25) is 0 Å². The zero-order chi connectivity index (χ0) is 21.9. The minimum absolute atomic E-state index is 0.328. The van der Waals surface area contributed by atoms with Gasteiger partial charge in [-0.15, -0.1) is 4.91 Å². The summed E-state index contributed by atoms with van der Waals surface area (Å²) in [5.41, 5.74) is 4.98. The van der Waals surface area contributed by atoms with Gasteiger partial charge in [-0.3, -0.25) is 8.77 Å². The predicted molar refractivity (Wildman–Crippen MR) is 131 cm³/mol. The lowest BCUT2D eigenvalue weighted by atomic mass is 9.82. The number of amides is 1. The second-order valence-electron chi connectivity index (χ2n) is 8.29. The zero-order valence-corrected chi connectivity index (χ0v) is 18.6. The number of nitroso groups, excluding NO2 is 1. The summed E-state index contributed by atoms with van der Waals surface area (Å²) in [6.45, 7) is 0. The summed E-state index contributed by atoms with van der Waals surface area (Å²) in [6, 6.07) is 26.3. The first-order valence-corrected chi connectivity index (χ1v) is 11.9. The topological polar surface area (TPSA) is 51.4 Å². The monoisotopic (exact) mass is 440 g/mol. The largest absolute Gasteiger partial charge is 0.316 e. The van der Waals surface area contributed by atoms with Gasteiger partial charge in [0.05, 0.1) is 11.2 Å². The van der Waals surface area contributed by atoms with E-state index in [1.807, 2.05) is 36.4 Å². The van der Waals surface area contributed by atoms with Crippen molar-refractivity contribution >= 4 is 28.8 Å². The van der Waals surface area contributed by atoms with Crippen molar-refractivity contribution in [3.63, 3.8) is 0 Å². The summed E-state index contributed by atoms with van der Waals surface area (Å²) in [6.07, 6.45) is 6.11. The lowest BCUT2D eigenvalue weighted by Gasteiger charge is -2.23. The normalized spacial score (nSPS) is 14.5. The molecule has 0 unspecified atom stereocenters. The fourth-order valence-corrected chi connectivity index (χ4v) is 5.86. The van der Waals surface area contributed by atoms with Crippen molar-refractivity contribution in [2.45, 2.75) is 42.9 Å². The van der Waals surface area contributed by atoms with Gasteiger partial charge in [-0.2, -0.15) is 0 Å². The van der Waals surface area contributed by atoms with Gasteiger partial charge in [-0.1, -0.05) is 73.9 Å². The molecule has 4 nitrogen and oxygen atoms in total. The van der Waals surface area contributed by atoms with Crippen LogP contribution in [-0.4, -0.2) is 9.88 Å². The molecule has 1 amide bonds. The summed E-state index contributed by atoms with van der Waals surface area (Å²) in [5.74, 6) is -0.255. The van der Waals surface area contributed by atoms with Crippen LogP contribution in [0.1, 0.15) is 53.9 Å². The average molecular weight is 441 g/mol. The van der Waals surface area contributed by atoms with Gasteiger partial charge in [-0.25, -0.2) is 0 Å². The lowest BCUT2D eigenvalue weighted by molar-refractivity contribution is 0.100. The van der Waals surface area contributed by atoms with Crippen molar-refractivity contribution in [3.05, 3.63) is 94.9 Å². The highest BCUT2D eigenvalue weighted by Gasteiger charge is 2.27. The van der Waals surface area contributed by atoms with Crippen molar-refractivity contribution in [2.24, 2.45) is 5.18 Å². The Morgan fingerprint density at radius 3 is 2.25 bits per heavy atom. The molecular formula is C27H24N2O2S. The Morgan fingerprint density at radius 1 is 0.875 bits per heavy atom. The number of fused-ring (bicyclic) bond motifs is 1. The molecule has 0 aliphatic heterocycles. The molecule has 1 heterocycles. The van der Waals surface area contributed by atoms with E-state index in [-0.39, 0.29) is 0 Å². The molecule has 5 rings (SSSR count). The molecule has 4 aromatic rings. The highest BCUT2D eigenvalue weighted by Crippen LogP contribution is 2.46. The predicted octanol–water partition coefficient (Wildman–Crippen LogP) is 7.82. The number of hydrogen-bond donors (Lipinski definition) is 0. The molecule has 0 spiro atoms. The third kappa shape index (κ3) is 3.89. The molecule has 0 saturated heterocycles. The van der Waals surface area contributed by atoms with Gasteiger partial charge in [0.25, 0.3) is 0 Å². The molecule has 1 fully saturated rings. The molecular weight excluding hydrogens is 416 g/mol. The summed E-state index contributed by atoms with van der Waals surface area (Å²) in [5, 5.41) is 3.81. The summed E-state index contributed by atoms with van der Waals surface area (Å²) < 4.78 is 2.24. The first-order valence-electron chi connectivity index (χ1n) is 11.1. The molecule has 160 valence electrons. The van der Waals surface area contributed by atoms with E-state index in [4.69, 9.17) is 0 Å². The van der Waals surface area contributed by atoms with Crippen LogP contribution in [0.25, 0.3) is 22.2 Å². The number of benzene rings is 3. The number of carbonyl (C=O) groups excluding carboxylic acids is 1. The summed E-state index contributed by atoms with van der Waals surface area (Å²) in [4.78, 5) is 24.2. The van der Waals surface area contributed by atoms with E-state index in [1.54, 1.807) is 18.0 Å². The Hall–Kier alpha value is -3.18. The number of aromatic nitrogens is 1. The molecule has 0 atom stereocenters. The van der Waals surface area contributed by atoms with E-state index in [0.717, 1.165) is 21.4 Å². The molecule has 1 aliphatic carbocycles. The van der Waals surface area contributed by atoms with Gasteiger partial charge in [0.1, 0.15) is 0 Å². The molecule has 0 N–H and O–H groups in total. The average Bonchev–Trinajstić information content (AvgIpc) is 3.18. The van der Waals surface area contributed by atoms with E-state index >= 15 is 0 Å². The van der Waals surface area contributed by atoms with Crippen LogP contribution in [0.15, 0.2) is 88.9 Å². The van der Waals surface area contributed by atoms with E-state index in [9.17, 15) is 9.70 Å². The van der Waals surface area contributed by atoms with Gasteiger partial charge in [0.15, 0.2) is 0 Å². The van der Waals surface area contributed by atoms with Gasteiger partial charge < -0.3 is 0 Å². The Kier molecular flexibility index (Phi) is 5.91. The Balaban J connectivity index is 1.81. The molecule has 1 aliphatic rings. The number of rotatable bonds is 5. The minimum atomic E-state index is -0.732. The van der Waals surface area contributed by atoms with Gasteiger partial charge in [0, 0.05) is 21.0 Å². The van der Waals surface area contributed by atoms with Crippen molar-refractivity contribution in [3.8, 4) is 11.3 Å². The third-order valence-electron chi connectivity index (χ3n) is 6.30. The fraction of sp³-hybridized carbons (Fsp3) is 0.222. The standard InChI is InChI=1S/C27H24N2O2S/c30-27(28-31)21-16-17-23-24(18-21)29(32-22-14-8-3-9-15-22)26(20-12-6-2-7-13-20)25(23)19-10-4-1-5-11-19/h2-3,6-9,12-19H,1,4-5,10-11H2. The Labute approximate surface area is 191 Å². The number of carbonyl (C=O) groups is 1. The molecule has 3 aromatic carbocycles. The van der Waals surface area contributed by atoms with Crippen molar-refractivity contribution in [1.29, 1.82) is 0 Å². The molecule has 32 heavy (non-hydrogen) atoms. The lowest BCUT2D eigenvalue weighted by Crippen LogP contribution is -2.06. The molecule has 1 aromatic heterocycles. The smallest absolute Gasteiger partial charge is 0.279 e. The second kappa shape index (κ2) is 9.13. The van der Waals surface area contributed by atoms with Crippen LogP contribution < -0.4 is 0 Å². The maximum Gasteiger partial charge on any atom is 0.316 e. The number of nitrogens with zero attached hydrogens (tertiary/aromatic N) is 2. The first-order chi connectivity index (χ1) is 15.8. The van der Waals surface area contributed by atoms with E-state index in [1.165, 1.54) is 43.4 Å². The van der Waals surface area contributed by atoms with Crippen LogP contribution >= 0.6 is 11.9 Å². The second-order valence-corrected chi connectivity index (χ2v) is 9.31. The maximum absolute atomic E-state index is 12.1. The van der Waals surface area contributed by atoms with E-state index < -0.39 is 5.91 Å². The van der Waals surface area contributed by atoms with E-state index in [0.29, 0.717) is 11.5 Å². The Morgan fingerprint density at radius 2 is 1.56 bits per heavy atom. The van der Waals surface area contributed by atoms with Gasteiger partial charge in [0.2, 0.25) is 0 Å². The molecule has 5 heteroatoms. The highest BCUT2D eigenvalue weighted by molar-refractivity contribution is 7.98. The van der Waals surface area contributed by atoms with Crippen molar-refractivity contribution < 1.29 is 4.79 Å². The maximum atomic E-state index is 12.1. The van der Waals surface area contributed by atoms with Crippen LogP contribution in [-0.2, 0) is 0 Å². The van der Waals surface area contributed by atoms with Crippen LogP contribution in [0.4, 0.5) is 0 Å². The van der Waals surface area contributed by atoms with Crippen LogP contribution in [0, 0.1) is 4.91 Å². The van der Waals surface area contributed by atoms with Crippen molar-refractivity contribution in [1.82, 2.24) is 3.97 Å². The van der Waals surface area contributed by atoms with Crippen LogP contribution in [0.3, 0.4) is 0 Å². The molecule has 1 saturated carbocycles. The fourth-order valence-electron chi connectivity index (χ4n) is 4.83. The summed E-state index contributed by atoms with van der Waals surface area (Å²) >= 11 is 1.65. The highest BCUT2D eigenvalue weighted by atomic mass is 32.2. The van der Waals surface area contributed by atoms with E-state index in [2.05, 4.69) is 45.5 Å². The minimum Gasteiger partial charge on any atom is -0.279 e. The summed E-state index contributed by atoms with van der Waals surface area (Å²) in [7, 11) is 0. The van der Waals surface area contributed by atoms with Gasteiger partial charge in [-0.05, 0) is 66.1 Å². The first kappa shape index (κ1) is 20.7. The molecule has 0 radical (unpaired) electrons. The number of hydrogen-bond acceptors (Lipinski definition) is 3. The quantitative estimate of drug-likeness (QED) is 0.297. The van der Waals surface area contributed by atoms with Crippen molar-refractivity contribution in [2.75, 3.05) is 0 Å². The van der Waals surface area contributed by atoms with Gasteiger partial charge >= 0.3 is 5.91 Å². The van der Waals surface area contributed by atoms with Crippen LogP contribution in [0.5, 0.6) is 0 Å². The molecule has 0 bridgehead atoms. The Bertz CT molecular complexity index is 1260.